The molecule has 0 aromatic carbocycles. The van der Waals surface area contributed by atoms with Crippen molar-refractivity contribution in [3.63, 3.8) is 0 Å². The molecule has 0 aromatic heterocycles. The Balaban J connectivity index is 1.72. The Morgan fingerprint density at radius 1 is 1.21 bits per heavy atom. The molecule has 1 heterocycles. The second-order valence-corrected chi connectivity index (χ2v) is 6.76. The van der Waals surface area contributed by atoms with Crippen LogP contribution in [0.3, 0.4) is 0 Å². The van der Waals surface area contributed by atoms with E-state index in [4.69, 9.17) is 0 Å². The monoisotopic (exact) mass is 261 g/mol. The molecule has 106 valence electrons. The van der Waals surface area contributed by atoms with Gasteiger partial charge >= 0.3 is 0 Å². The van der Waals surface area contributed by atoms with Gasteiger partial charge in [0.1, 0.15) is 5.54 Å². The molecule has 3 atom stereocenters. The van der Waals surface area contributed by atoms with Gasteiger partial charge in [-0.15, -0.1) is 0 Å². The highest BCUT2D eigenvalue weighted by atomic mass is 15.2. The van der Waals surface area contributed by atoms with Crippen LogP contribution in [-0.2, 0) is 0 Å². The molecule has 2 aliphatic carbocycles. The maximum atomic E-state index is 9.75. The molecule has 3 heteroatoms. The molecule has 3 rings (SSSR count). The number of likely N-dealkylation sites (tertiary alicyclic amines) is 1. The van der Waals surface area contributed by atoms with Gasteiger partial charge in [0.15, 0.2) is 0 Å². The lowest BCUT2D eigenvalue weighted by Gasteiger charge is -2.42. The summed E-state index contributed by atoms with van der Waals surface area (Å²) < 4.78 is 0. The summed E-state index contributed by atoms with van der Waals surface area (Å²) in [6, 6.07) is 3.43. The summed E-state index contributed by atoms with van der Waals surface area (Å²) in [4.78, 5) is 2.66. The van der Waals surface area contributed by atoms with Crippen LogP contribution in [0.15, 0.2) is 0 Å². The number of fused-ring (bicyclic) bond motifs is 1. The van der Waals surface area contributed by atoms with Crippen LogP contribution < -0.4 is 5.32 Å². The van der Waals surface area contributed by atoms with Crippen molar-refractivity contribution in [1.82, 2.24) is 10.2 Å². The van der Waals surface area contributed by atoms with Crippen molar-refractivity contribution in [3.8, 4) is 6.07 Å². The predicted molar refractivity (Wildman–Crippen MR) is 76.7 cm³/mol. The van der Waals surface area contributed by atoms with Crippen molar-refractivity contribution in [3.05, 3.63) is 0 Å². The van der Waals surface area contributed by atoms with Crippen LogP contribution in [0, 0.1) is 23.2 Å². The number of likely N-dealkylation sites (N-methyl/N-ethyl adjacent to an activating group) is 1. The topological polar surface area (TPSA) is 39.1 Å². The first-order valence-corrected chi connectivity index (χ1v) is 8.19. The number of rotatable bonds is 5. The molecule has 0 amide bonds. The lowest BCUT2D eigenvalue weighted by Crippen LogP contribution is -2.57. The molecule has 19 heavy (non-hydrogen) atoms. The summed E-state index contributed by atoms with van der Waals surface area (Å²) in [5.74, 6) is 1.52. The molecule has 0 spiro atoms. The molecule has 1 N–H and O–H groups in total. The Hall–Kier alpha value is -0.590. The number of nitrogens with zero attached hydrogens (tertiary/aromatic N) is 2. The number of nitriles is 1. The fraction of sp³-hybridized carbons (Fsp3) is 0.938. The van der Waals surface area contributed by atoms with Gasteiger partial charge in [0.25, 0.3) is 0 Å². The Labute approximate surface area is 117 Å². The predicted octanol–water partition coefficient (Wildman–Crippen LogP) is 2.53. The molecule has 3 aliphatic rings. The molecule has 1 aliphatic heterocycles. The van der Waals surface area contributed by atoms with Gasteiger partial charge in [0.05, 0.1) is 6.07 Å². The Morgan fingerprint density at radius 2 is 2.00 bits per heavy atom. The van der Waals surface area contributed by atoms with Gasteiger partial charge in [0.2, 0.25) is 0 Å². The van der Waals surface area contributed by atoms with Crippen molar-refractivity contribution in [2.24, 2.45) is 11.8 Å². The highest BCUT2D eigenvalue weighted by Crippen LogP contribution is 2.42. The Morgan fingerprint density at radius 3 is 2.68 bits per heavy atom. The quantitative estimate of drug-likeness (QED) is 0.826. The third-order valence-electron chi connectivity index (χ3n) is 5.53. The smallest absolute Gasteiger partial charge is 0.122 e. The van der Waals surface area contributed by atoms with Crippen LogP contribution in [-0.4, -0.2) is 36.1 Å². The van der Waals surface area contributed by atoms with Gasteiger partial charge in [-0.1, -0.05) is 13.3 Å². The van der Waals surface area contributed by atoms with E-state index in [0.717, 1.165) is 25.0 Å². The van der Waals surface area contributed by atoms with Gasteiger partial charge in [0, 0.05) is 12.6 Å². The normalized spacial score (nSPS) is 34.5. The van der Waals surface area contributed by atoms with Crippen molar-refractivity contribution < 1.29 is 0 Å². The molecular weight excluding hydrogens is 234 g/mol. The number of hydrogen-bond acceptors (Lipinski definition) is 3. The van der Waals surface area contributed by atoms with Crippen LogP contribution >= 0.6 is 0 Å². The number of hydrogen-bond donors (Lipinski definition) is 1. The molecule has 3 unspecified atom stereocenters. The molecular formula is C16H27N3. The second-order valence-electron chi connectivity index (χ2n) is 6.76. The highest BCUT2D eigenvalue weighted by Gasteiger charge is 2.48. The van der Waals surface area contributed by atoms with Crippen LogP contribution in [0.1, 0.15) is 51.9 Å². The van der Waals surface area contributed by atoms with Gasteiger partial charge in [-0.25, -0.2) is 0 Å². The molecule has 0 radical (unpaired) electrons. The summed E-state index contributed by atoms with van der Waals surface area (Å²) in [5, 5.41) is 13.3. The van der Waals surface area contributed by atoms with Crippen molar-refractivity contribution >= 4 is 0 Å². The minimum Gasteiger partial charge on any atom is -0.298 e. The fourth-order valence-electron chi connectivity index (χ4n) is 4.46. The van der Waals surface area contributed by atoms with Crippen molar-refractivity contribution in [2.45, 2.75) is 63.5 Å². The van der Waals surface area contributed by atoms with Crippen molar-refractivity contribution in [1.29, 1.82) is 5.26 Å². The Kier molecular flexibility index (Phi) is 3.82. The molecule has 0 bridgehead atoms. The van der Waals surface area contributed by atoms with E-state index in [2.05, 4.69) is 23.2 Å². The van der Waals surface area contributed by atoms with Crippen LogP contribution in [0.2, 0.25) is 0 Å². The van der Waals surface area contributed by atoms with Gasteiger partial charge in [-0.2, -0.15) is 5.26 Å². The molecule has 1 saturated heterocycles. The average molecular weight is 261 g/mol. The fourth-order valence-corrected chi connectivity index (χ4v) is 4.46. The van der Waals surface area contributed by atoms with E-state index in [9.17, 15) is 5.26 Å². The van der Waals surface area contributed by atoms with Crippen molar-refractivity contribution in [2.75, 3.05) is 19.6 Å². The van der Waals surface area contributed by atoms with Crippen LogP contribution in [0.5, 0.6) is 0 Å². The summed E-state index contributed by atoms with van der Waals surface area (Å²) in [6.07, 6.45) is 9.42. The third-order valence-corrected chi connectivity index (χ3v) is 5.53. The average Bonchev–Trinajstić information content (AvgIpc) is 3.17. The minimum absolute atomic E-state index is 0.265. The summed E-state index contributed by atoms with van der Waals surface area (Å²) in [5.41, 5.74) is -0.265. The largest absolute Gasteiger partial charge is 0.298 e. The van der Waals surface area contributed by atoms with Gasteiger partial charge in [-0.3, -0.25) is 10.2 Å². The van der Waals surface area contributed by atoms with E-state index < -0.39 is 0 Å². The maximum Gasteiger partial charge on any atom is 0.122 e. The van der Waals surface area contributed by atoms with Crippen LogP contribution in [0.25, 0.3) is 0 Å². The molecule has 3 fully saturated rings. The van der Waals surface area contributed by atoms with E-state index in [1.54, 1.807) is 0 Å². The molecule has 3 nitrogen and oxygen atoms in total. The second kappa shape index (κ2) is 5.42. The van der Waals surface area contributed by atoms with E-state index in [1.807, 2.05) is 0 Å². The van der Waals surface area contributed by atoms with Gasteiger partial charge in [-0.05, 0) is 63.5 Å². The SMILES string of the molecule is CCNC(C#N)(CN1CCCC2CCCC21)C1CC1. The number of piperidine rings is 1. The molecule has 2 saturated carbocycles. The lowest BCUT2D eigenvalue weighted by atomic mass is 9.88. The van der Waals surface area contributed by atoms with E-state index in [-0.39, 0.29) is 5.54 Å². The first kappa shape index (κ1) is 13.4. The maximum absolute atomic E-state index is 9.75. The van der Waals surface area contributed by atoms with E-state index in [0.29, 0.717) is 5.92 Å². The minimum atomic E-state index is -0.265. The van der Waals surface area contributed by atoms with E-state index >= 15 is 0 Å². The lowest BCUT2D eigenvalue weighted by molar-refractivity contribution is 0.0836. The van der Waals surface area contributed by atoms with Gasteiger partial charge < -0.3 is 0 Å². The first-order chi connectivity index (χ1) is 9.29. The summed E-state index contributed by atoms with van der Waals surface area (Å²) in [7, 11) is 0. The van der Waals surface area contributed by atoms with E-state index in [1.165, 1.54) is 51.5 Å². The highest BCUT2D eigenvalue weighted by molar-refractivity contribution is 5.17. The third kappa shape index (κ3) is 2.53. The standard InChI is InChI=1S/C16H27N3/c1-2-18-16(11-17,14-8-9-14)12-19-10-4-6-13-5-3-7-15(13)19/h13-15,18H,2-10,12H2,1H3. The summed E-state index contributed by atoms with van der Waals surface area (Å²) in [6.45, 7) is 5.21. The zero-order valence-corrected chi connectivity index (χ0v) is 12.2. The summed E-state index contributed by atoms with van der Waals surface area (Å²) >= 11 is 0. The Bertz CT molecular complexity index is 357. The zero-order valence-electron chi connectivity index (χ0n) is 12.2. The molecule has 0 aromatic rings. The van der Waals surface area contributed by atoms with Crippen LogP contribution in [0.4, 0.5) is 0 Å². The number of nitrogens with one attached hydrogen (secondary N) is 1. The zero-order chi connectivity index (χ0) is 13.3. The first-order valence-electron chi connectivity index (χ1n) is 8.19.